The van der Waals surface area contributed by atoms with E-state index in [0.29, 0.717) is 0 Å². The number of hydrogen-bond acceptors (Lipinski definition) is 3. The molecule has 0 amide bonds. The Labute approximate surface area is 242 Å². The number of nitrogens with two attached hydrogens (primary N) is 1. The minimum Gasteiger partial charge on any atom is -0.399 e. The number of nitrogens with zero attached hydrogens (tertiary/aromatic N) is 2. The van der Waals surface area contributed by atoms with E-state index in [1.54, 1.807) is 0 Å². The molecule has 6 aromatic carbocycles. The van der Waals surface area contributed by atoms with Gasteiger partial charge in [-0.25, -0.2) is 0 Å². The number of aryl methyl sites for hydroxylation is 2. The van der Waals surface area contributed by atoms with Crippen LogP contribution < -0.4 is 15.5 Å². The van der Waals surface area contributed by atoms with Crippen LogP contribution in [0.4, 0.5) is 39.8 Å². The molecule has 0 aliphatic heterocycles. The molecule has 6 rings (SSSR count). The topological polar surface area (TPSA) is 32.5 Å². The van der Waals surface area contributed by atoms with Gasteiger partial charge in [0, 0.05) is 39.8 Å². The molecule has 0 aliphatic rings. The highest BCUT2D eigenvalue weighted by Gasteiger charge is 2.16. The Bertz CT molecular complexity index is 1740. The first kappa shape index (κ1) is 26.0. The van der Waals surface area contributed by atoms with Gasteiger partial charge in [-0.15, -0.1) is 0 Å². The number of rotatable bonds is 7. The minimum atomic E-state index is 0.755. The van der Waals surface area contributed by atoms with Gasteiger partial charge < -0.3 is 15.5 Å². The molecular formula is C38H33N3. The van der Waals surface area contributed by atoms with E-state index in [4.69, 9.17) is 5.73 Å². The van der Waals surface area contributed by atoms with Gasteiger partial charge in [0.05, 0.1) is 0 Å². The van der Waals surface area contributed by atoms with Gasteiger partial charge in [0.1, 0.15) is 0 Å². The molecule has 0 radical (unpaired) electrons. The fraction of sp³-hybridized carbons (Fsp3) is 0.0526. The fourth-order valence-corrected chi connectivity index (χ4v) is 5.29. The SMILES string of the molecule is Cc1ccccc1N(c1ccccc1)c1ccc(-c2ccc(N(c3ccc(N)cc3)c3ccccc3C)cc2)cc1. The molecule has 0 bridgehead atoms. The third kappa shape index (κ3) is 5.43. The van der Waals surface area contributed by atoms with Crippen molar-refractivity contribution in [1.29, 1.82) is 0 Å². The molecular weight excluding hydrogens is 498 g/mol. The summed E-state index contributed by atoms with van der Waals surface area (Å²) in [6, 6.07) is 53.1. The van der Waals surface area contributed by atoms with Crippen LogP contribution in [0.2, 0.25) is 0 Å². The average Bonchev–Trinajstić information content (AvgIpc) is 3.02. The number of nitrogen functional groups attached to an aromatic ring is 1. The second-order valence-corrected chi connectivity index (χ2v) is 10.3. The van der Waals surface area contributed by atoms with Crippen molar-refractivity contribution < 1.29 is 0 Å². The Hall–Kier alpha value is -5.28. The maximum atomic E-state index is 6.00. The molecule has 3 nitrogen and oxygen atoms in total. The van der Waals surface area contributed by atoms with Crippen molar-refractivity contribution in [3.05, 3.63) is 163 Å². The maximum absolute atomic E-state index is 6.00. The lowest BCUT2D eigenvalue weighted by Crippen LogP contribution is -2.11. The van der Waals surface area contributed by atoms with Gasteiger partial charge >= 0.3 is 0 Å². The summed E-state index contributed by atoms with van der Waals surface area (Å²) in [5.41, 5.74) is 18.3. The summed E-state index contributed by atoms with van der Waals surface area (Å²) in [6.45, 7) is 4.30. The van der Waals surface area contributed by atoms with Crippen LogP contribution in [0.15, 0.2) is 152 Å². The third-order valence-electron chi connectivity index (χ3n) is 7.46. The van der Waals surface area contributed by atoms with Crippen LogP contribution in [0.1, 0.15) is 11.1 Å². The molecule has 0 saturated carbocycles. The van der Waals surface area contributed by atoms with Crippen LogP contribution in [0.3, 0.4) is 0 Å². The standard InChI is InChI=1S/C38H33N3/c1-28-10-6-8-14-37(28)40(33-12-4-3-5-13-33)34-22-16-30(17-23-34)31-18-24-35(25-19-31)41(36-26-20-32(39)21-27-36)38-15-9-7-11-29(38)2/h3-27H,39H2,1-2H3. The van der Waals surface area contributed by atoms with Gasteiger partial charge in [0.15, 0.2) is 0 Å². The molecule has 0 aliphatic carbocycles. The van der Waals surface area contributed by atoms with E-state index in [-0.39, 0.29) is 0 Å². The highest BCUT2D eigenvalue weighted by Crippen LogP contribution is 2.39. The first-order valence-electron chi connectivity index (χ1n) is 13.9. The quantitative estimate of drug-likeness (QED) is 0.208. The summed E-state index contributed by atoms with van der Waals surface area (Å²) in [5.74, 6) is 0. The van der Waals surface area contributed by atoms with Crippen LogP contribution >= 0.6 is 0 Å². The van der Waals surface area contributed by atoms with E-state index < -0.39 is 0 Å². The first-order chi connectivity index (χ1) is 20.1. The van der Waals surface area contributed by atoms with E-state index in [9.17, 15) is 0 Å². The monoisotopic (exact) mass is 531 g/mol. The fourth-order valence-electron chi connectivity index (χ4n) is 5.29. The highest BCUT2D eigenvalue weighted by molar-refractivity contribution is 5.82. The van der Waals surface area contributed by atoms with Crippen molar-refractivity contribution in [2.75, 3.05) is 15.5 Å². The summed E-state index contributed by atoms with van der Waals surface area (Å²) in [5, 5.41) is 0. The Morgan fingerprint density at radius 1 is 0.366 bits per heavy atom. The largest absolute Gasteiger partial charge is 0.399 e. The van der Waals surface area contributed by atoms with Crippen LogP contribution in [0.25, 0.3) is 11.1 Å². The number of hydrogen-bond donors (Lipinski definition) is 1. The number of benzene rings is 6. The summed E-state index contributed by atoms with van der Waals surface area (Å²) in [7, 11) is 0. The molecule has 200 valence electrons. The second kappa shape index (κ2) is 11.4. The Balaban J connectivity index is 1.33. The van der Waals surface area contributed by atoms with E-state index in [1.165, 1.54) is 27.9 Å². The summed E-state index contributed by atoms with van der Waals surface area (Å²) in [6.07, 6.45) is 0. The third-order valence-corrected chi connectivity index (χ3v) is 7.46. The predicted octanol–water partition coefficient (Wildman–Crippen LogP) is 10.5. The van der Waals surface area contributed by atoms with Gasteiger partial charge in [-0.1, -0.05) is 78.9 Å². The molecule has 2 N–H and O–H groups in total. The lowest BCUT2D eigenvalue weighted by Gasteiger charge is -2.27. The van der Waals surface area contributed by atoms with Crippen LogP contribution in [-0.2, 0) is 0 Å². The van der Waals surface area contributed by atoms with Crippen molar-refractivity contribution in [1.82, 2.24) is 0 Å². The zero-order chi connectivity index (χ0) is 28.2. The summed E-state index contributed by atoms with van der Waals surface area (Å²) in [4.78, 5) is 4.59. The van der Waals surface area contributed by atoms with E-state index in [0.717, 1.165) is 34.1 Å². The maximum Gasteiger partial charge on any atom is 0.0490 e. The molecule has 6 aromatic rings. The zero-order valence-electron chi connectivity index (χ0n) is 23.4. The smallest absolute Gasteiger partial charge is 0.0490 e. The van der Waals surface area contributed by atoms with Crippen molar-refractivity contribution in [3.63, 3.8) is 0 Å². The van der Waals surface area contributed by atoms with Crippen LogP contribution in [-0.4, -0.2) is 0 Å². The van der Waals surface area contributed by atoms with Gasteiger partial charge in [-0.3, -0.25) is 0 Å². The highest BCUT2D eigenvalue weighted by atomic mass is 15.1. The Morgan fingerprint density at radius 3 is 1.12 bits per heavy atom. The average molecular weight is 532 g/mol. The van der Waals surface area contributed by atoms with Gasteiger partial charge in [0.25, 0.3) is 0 Å². The molecule has 0 fully saturated rings. The van der Waals surface area contributed by atoms with Crippen molar-refractivity contribution >= 4 is 39.8 Å². The van der Waals surface area contributed by atoms with Gasteiger partial charge in [0.2, 0.25) is 0 Å². The predicted molar refractivity (Wildman–Crippen MR) is 175 cm³/mol. The van der Waals surface area contributed by atoms with Crippen LogP contribution in [0.5, 0.6) is 0 Å². The molecule has 0 atom stereocenters. The zero-order valence-corrected chi connectivity index (χ0v) is 23.4. The molecule has 0 unspecified atom stereocenters. The minimum absolute atomic E-state index is 0.755. The lowest BCUT2D eigenvalue weighted by atomic mass is 10.0. The Morgan fingerprint density at radius 2 is 0.707 bits per heavy atom. The molecule has 0 saturated heterocycles. The normalized spacial score (nSPS) is 10.8. The number of para-hydroxylation sites is 3. The number of anilines is 7. The molecule has 0 aromatic heterocycles. The van der Waals surface area contributed by atoms with E-state index in [2.05, 4.69) is 163 Å². The summed E-state index contributed by atoms with van der Waals surface area (Å²) < 4.78 is 0. The molecule has 0 heterocycles. The van der Waals surface area contributed by atoms with Crippen molar-refractivity contribution in [2.24, 2.45) is 0 Å². The molecule has 3 heteroatoms. The molecule has 41 heavy (non-hydrogen) atoms. The molecule has 0 spiro atoms. The second-order valence-electron chi connectivity index (χ2n) is 10.3. The Kier molecular flexibility index (Phi) is 7.25. The first-order valence-corrected chi connectivity index (χ1v) is 13.9. The van der Waals surface area contributed by atoms with E-state index >= 15 is 0 Å². The van der Waals surface area contributed by atoms with Gasteiger partial charge in [-0.2, -0.15) is 0 Å². The van der Waals surface area contributed by atoms with Crippen molar-refractivity contribution in [2.45, 2.75) is 13.8 Å². The van der Waals surface area contributed by atoms with Gasteiger partial charge in [-0.05, 0) is 109 Å². The van der Waals surface area contributed by atoms with E-state index in [1.807, 2.05) is 12.1 Å². The lowest BCUT2D eigenvalue weighted by molar-refractivity contribution is 1.25. The van der Waals surface area contributed by atoms with Crippen molar-refractivity contribution in [3.8, 4) is 11.1 Å². The summed E-state index contributed by atoms with van der Waals surface area (Å²) >= 11 is 0. The van der Waals surface area contributed by atoms with Crippen LogP contribution in [0, 0.1) is 13.8 Å².